The van der Waals surface area contributed by atoms with E-state index in [1.165, 1.54) is 0 Å². The molecule has 0 aliphatic heterocycles. The predicted molar refractivity (Wildman–Crippen MR) is 59.3 cm³/mol. The molecule has 0 unspecified atom stereocenters. The molecule has 4 nitrogen and oxygen atoms in total. The summed E-state index contributed by atoms with van der Waals surface area (Å²) in [4.78, 5) is 6.83. The van der Waals surface area contributed by atoms with E-state index in [2.05, 4.69) is 15.3 Å². The van der Waals surface area contributed by atoms with E-state index in [0.29, 0.717) is 12.8 Å². The second-order valence-corrected chi connectivity index (χ2v) is 4.66. The van der Waals surface area contributed by atoms with Crippen molar-refractivity contribution in [1.29, 1.82) is 0 Å². The van der Waals surface area contributed by atoms with Gasteiger partial charge in [-0.25, -0.2) is 9.97 Å². The van der Waals surface area contributed by atoms with Gasteiger partial charge in [0.1, 0.15) is 5.82 Å². The fourth-order valence-corrected chi connectivity index (χ4v) is 2.01. The van der Waals surface area contributed by atoms with Crippen LogP contribution in [0.25, 0.3) is 0 Å². The van der Waals surface area contributed by atoms with E-state index < -0.39 is 22.7 Å². The monoisotopic (exact) mass is 281 g/mol. The van der Waals surface area contributed by atoms with Crippen molar-refractivity contribution < 1.29 is 18.3 Å². The lowest BCUT2D eigenvalue weighted by atomic mass is 9.77. The molecule has 2 N–H and O–H groups in total. The zero-order valence-corrected chi connectivity index (χ0v) is 10.0. The Hall–Kier alpha value is -1.08. The van der Waals surface area contributed by atoms with Gasteiger partial charge >= 0.3 is 6.18 Å². The first kappa shape index (κ1) is 13.4. The van der Waals surface area contributed by atoms with Gasteiger partial charge in [-0.3, -0.25) is 0 Å². The third-order valence-corrected chi connectivity index (χ3v) is 3.16. The molecule has 8 heteroatoms. The zero-order chi connectivity index (χ0) is 13.4. The molecule has 0 spiro atoms. The Kier molecular flexibility index (Phi) is 3.37. The molecule has 1 aliphatic carbocycles. The van der Waals surface area contributed by atoms with Crippen LogP contribution < -0.4 is 5.32 Å². The summed E-state index contributed by atoms with van der Waals surface area (Å²) in [6.45, 7) is -0.157. The highest BCUT2D eigenvalue weighted by Crippen LogP contribution is 2.36. The number of aromatic nitrogens is 2. The average Bonchev–Trinajstić information content (AvgIpc) is 2.21. The maximum atomic E-state index is 12.5. The number of aliphatic hydroxyl groups is 1. The summed E-state index contributed by atoms with van der Waals surface area (Å²) in [5.74, 6) is -0.0175. The van der Waals surface area contributed by atoms with Crippen molar-refractivity contribution in [1.82, 2.24) is 9.97 Å². The molecule has 100 valence electrons. The molecule has 0 radical (unpaired) electrons. The molecule has 2 rings (SSSR count). The van der Waals surface area contributed by atoms with Crippen molar-refractivity contribution in [2.75, 3.05) is 11.9 Å². The highest BCUT2D eigenvalue weighted by atomic mass is 35.5. The van der Waals surface area contributed by atoms with Crippen LogP contribution in [0.15, 0.2) is 6.07 Å². The van der Waals surface area contributed by atoms with Gasteiger partial charge in [0.2, 0.25) is 5.28 Å². The molecule has 1 aromatic rings. The molecule has 0 saturated heterocycles. The number of nitrogens with one attached hydrogen (secondary N) is 1. The van der Waals surface area contributed by atoms with Gasteiger partial charge < -0.3 is 10.4 Å². The Balaban J connectivity index is 2.26. The van der Waals surface area contributed by atoms with E-state index in [9.17, 15) is 18.3 Å². The number of hydrogen-bond donors (Lipinski definition) is 2. The Labute approximate surface area is 106 Å². The molecule has 1 heterocycles. The second kappa shape index (κ2) is 4.55. The van der Waals surface area contributed by atoms with Crippen LogP contribution in [0.3, 0.4) is 0 Å². The molecular formula is C10H11ClF3N3O. The lowest BCUT2D eigenvalue weighted by Crippen LogP contribution is -2.48. The van der Waals surface area contributed by atoms with Crippen LogP contribution in [-0.4, -0.2) is 27.2 Å². The van der Waals surface area contributed by atoms with Crippen LogP contribution in [0.1, 0.15) is 25.0 Å². The number of alkyl halides is 3. The summed E-state index contributed by atoms with van der Waals surface area (Å²) in [7, 11) is 0. The van der Waals surface area contributed by atoms with Gasteiger partial charge in [0, 0.05) is 6.07 Å². The van der Waals surface area contributed by atoms with E-state index in [1.54, 1.807) is 0 Å². The Morgan fingerprint density at radius 1 is 1.39 bits per heavy atom. The SMILES string of the molecule is OCC1(Nc2cc(C(F)(F)F)nc(Cl)n2)CCC1. The summed E-state index contributed by atoms with van der Waals surface area (Å²) in [5.41, 5.74) is -1.68. The molecule has 1 aromatic heterocycles. The first-order chi connectivity index (χ1) is 8.35. The molecule has 1 fully saturated rings. The minimum atomic E-state index is -4.57. The summed E-state index contributed by atoms with van der Waals surface area (Å²) in [5, 5.41) is 11.6. The van der Waals surface area contributed by atoms with Crippen LogP contribution in [0.5, 0.6) is 0 Å². The average molecular weight is 282 g/mol. The predicted octanol–water partition coefficient (Wildman–Crippen LogP) is 2.48. The summed E-state index contributed by atoms with van der Waals surface area (Å²) in [6, 6.07) is 0.793. The summed E-state index contributed by atoms with van der Waals surface area (Å²) in [6.07, 6.45) is -2.29. The van der Waals surface area contributed by atoms with E-state index in [0.717, 1.165) is 12.5 Å². The maximum Gasteiger partial charge on any atom is 0.433 e. The smallest absolute Gasteiger partial charge is 0.394 e. The van der Waals surface area contributed by atoms with Gasteiger partial charge in [-0.05, 0) is 30.9 Å². The molecule has 0 aromatic carbocycles. The lowest BCUT2D eigenvalue weighted by Gasteiger charge is -2.41. The van der Waals surface area contributed by atoms with Gasteiger partial charge in [-0.2, -0.15) is 13.2 Å². The highest BCUT2D eigenvalue weighted by molar-refractivity contribution is 6.28. The molecule has 0 atom stereocenters. The van der Waals surface area contributed by atoms with Crippen LogP contribution in [-0.2, 0) is 6.18 Å². The van der Waals surface area contributed by atoms with Gasteiger partial charge in [-0.15, -0.1) is 0 Å². The topological polar surface area (TPSA) is 58.0 Å². The van der Waals surface area contributed by atoms with Crippen molar-refractivity contribution in [3.8, 4) is 0 Å². The minimum absolute atomic E-state index is 0.0175. The third-order valence-electron chi connectivity index (χ3n) is 3.00. The van der Waals surface area contributed by atoms with E-state index >= 15 is 0 Å². The number of anilines is 1. The van der Waals surface area contributed by atoms with Crippen molar-refractivity contribution in [3.05, 3.63) is 17.0 Å². The van der Waals surface area contributed by atoms with E-state index in [4.69, 9.17) is 11.6 Å². The number of aliphatic hydroxyl groups excluding tert-OH is 1. The molecule has 0 bridgehead atoms. The van der Waals surface area contributed by atoms with Crippen molar-refractivity contribution in [3.63, 3.8) is 0 Å². The first-order valence-corrected chi connectivity index (χ1v) is 5.73. The molecule has 18 heavy (non-hydrogen) atoms. The van der Waals surface area contributed by atoms with Crippen LogP contribution in [0.4, 0.5) is 19.0 Å². The number of rotatable bonds is 3. The first-order valence-electron chi connectivity index (χ1n) is 5.35. The van der Waals surface area contributed by atoms with Gasteiger partial charge in [0.05, 0.1) is 12.1 Å². The largest absolute Gasteiger partial charge is 0.433 e. The number of hydrogen-bond acceptors (Lipinski definition) is 4. The zero-order valence-electron chi connectivity index (χ0n) is 9.26. The maximum absolute atomic E-state index is 12.5. The molecular weight excluding hydrogens is 271 g/mol. The van der Waals surface area contributed by atoms with Crippen LogP contribution >= 0.6 is 11.6 Å². The van der Waals surface area contributed by atoms with Crippen LogP contribution in [0, 0.1) is 0 Å². The summed E-state index contributed by atoms with van der Waals surface area (Å²) >= 11 is 5.46. The fourth-order valence-electron chi connectivity index (χ4n) is 1.82. The Morgan fingerprint density at radius 2 is 2.06 bits per heavy atom. The normalized spacial score (nSPS) is 18.3. The molecule has 0 amide bonds. The van der Waals surface area contributed by atoms with Gasteiger partial charge in [0.25, 0.3) is 0 Å². The minimum Gasteiger partial charge on any atom is -0.394 e. The van der Waals surface area contributed by atoms with Gasteiger partial charge in [0.15, 0.2) is 5.69 Å². The standard InChI is InChI=1S/C10H11ClF3N3O/c11-8-15-6(10(12,13)14)4-7(16-8)17-9(5-18)2-1-3-9/h4,18H,1-3,5H2,(H,15,16,17). The summed E-state index contributed by atoms with van der Waals surface area (Å²) < 4.78 is 37.6. The number of halogens is 4. The fraction of sp³-hybridized carbons (Fsp3) is 0.600. The van der Waals surface area contributed by atoms with Gasteiger partial charge in [-0.1, -0.05) is 0 Å². The Morgan fingerprint density at radius 3 is 2.50 bits per heavy atom. The Bertz CT molecular complexity index is 443. The lowest BCUT2D eigenvalue weighted by molar-refractivity contribution is -0.141. The highest BCUT2D eigenvalue weighted by Gasteiger charge is 2.38. The van der Waals surface area contributed by atoms with Crippen molar-refractivity contribution in [2.45, 2.75) is 31.0 Å². The van der Waals surface area contributed by atoms with E-state index in [1.807, 2.05) is 0 Å². The van der Waals surface area contributed by atoms with Crippen molar-refractivity contribution in [2.24, 2.45) is 0 Å². The van der Waals surface area contributed by atoms with Crippen LogP contribution in [0.2, 0.25) is 5.28 Å². The molecule has 1 saturated carbocycles. The third kappa shape index (κ3) is 2.67. The number of nitrogens with zero attached hydrogens (tertiary/aromatic N) is 2. The quantitative estimate of drug-likeness (QED) is 0.836. The second-order valence-electron chi connectivity index (χ2n) is 4.32. The molecule has 1 aliphatic rings. The van der Waals surface area contributed by atoms with E-state index in [-0.39, 0.29) is 12.4 Å². The van der Waals surface area contributed by atoms with Crippen molar-refractivity contribution >= 4 is 17.4 Å².